The Hall–Kier alpha value is -2.45. The van der Waals surface area contributed by atoms with E-state index in [-0.39, 0.29) is 11.9 Å². The highest BCUT2D eigenvalue weighted by Crippen LogP contribution is 2.31. The van der Waals surface area contributed by atoms with Crippen molar-refractivity contribution in [3.63, 3.8) is 0 Å². The minimum Gasteiger partial charge on any atom is -0.348 e. The molecule has 1 aliphatic rings. The number of carbonyl (C=O) groups excluding carboxylic acids is 1. The summed E-state index contributed by atoms with van der Waals surface area (Å²) in [7, 11) is 1.85. The van der Waals surface area contributed by atoms with Crippen LogP contribution in [-0.4, -0.2) is 62.1 Å². The average molecular weight is 433 g/mol. The molecule has 9 heteroatoms. The second kappa shape index (κ2) is 8.00. The number of amides is 1. The number of aromatic amines is 1. The summed E-state index contributed by atoms with van der Waals surface area (Å²) in [5, 5.41) is 15.6. The number of hydrogen-bond acceptors (Lipinski definition) is 4. The molecule has 2 N–H and O–H groups in total. The van der Waals surface area contributed by atoms with Gasteiger partial charge in [-0.25, -0.2) is 4.39 Å². The average Bonchev–Trinajstić information content (AvgIpc) is 3.28. The van der Waals surface area contributed by atoms with Crippen LogP contribution in [0, 0.1) is 0 Å². The van der Waals surface area contributed by atoms with Crippen molar-refractivity contribution in [3.8, 4) is 11.1 Å². The summed E-state index contributed by atoms with van der Waals surface area (Å²) in [5.74, 6) is -0.232. The number of piperidine rings is 1. The lowest BCUT2D eigenvalue weighted by Gasteiger charge is -2.34. The van der Waals surface area contributed by atoms with Crippen molar-refractivity contribution in [3.05, 3.63) is 35.2 Å². The smallest absolute Gasteiger partial charge is 0.272 e. The van der Waals surface area contributed by atoms with Crippen molar-refractivity contribution >= 4 is 28.4 Å². The van der Waals surface area contributed by atoms with Crippen LogP contribution in [0.15, 0.2) is 24.5 Å². The van der Waals surface area contributed by atoms with Gasteiger partial charge in [0.1, 0.15) is 5.67 Å². The van der Waals surface area contributed by atoms with Gasteiger partial charge in [0, 0.05) is 49.9 Å². The van der Waals surface area contributed by atoms with Gasteiger partial charge < -0.3 is 10.2 Å². The number of halogens is 2. The molecule has 0 spiro atoms. The van der Waals surface area contributed by atoms with Crippen molar-refractivity contribution in [2.75, 3.05) is 19.6 Å². The number of hydrogen-bond donors (Lipinski definition) is 2. The molecule has 0 aliphatic carbocycles. The fraction of sp³-hybridized carbons (Fsp3) is 0.476. The van der Waals surface area contributed by atoms with Crippen LogP contribution >= 0.6 is 11.6 Å². The molecule has 2 aromatic heterocycles. The van der Waals surface area contributed by atoms with Crippen LogP contribution < -0.4 is 5.32 Å². The van der Waals surface area contributed by atoms with Gasteiger partial charge in [0.15, 0.2) is 5.69 Å². The van der Waals surface area contributed by atoms with Gasteiger partial charge >= 0.3 is 0 Å². The zero-order valence-electron chi connectivity index (χ0n) is 17.4. The monoisotopic (exact) mass is 432 g/mol. The Bertz CT molecular complexity index is 1060. The molecule has 0 radical (unpaired) electrons. The normalized spacial score (nSPS) is 16.3. The van der Waals surface area contributed by atoms with E-state index in [0.717, 1.165) is 37.1 Å². The number of alkyl halides is 1. The third kappa shape index (κ3) is 4.49. The van der Waals surface area contributed by atoms with E-state index in [2.05, 4.69) is 25.5 Å². The lowest BCUT2D eigenvalue weighted by Crippen LogP contribution is -2.47. The molecule has 1 saturated heterocycles. The second-order valence-electron chi connectivity index (χ2n) is 8.60. The van der Waals surface area contributed by atoms with Gasteiger partial charge in [0.05, 0.1) is 16.7 Å². The van der Waals surface area contributed by atoms with E-state index in [9.17, 15) is 9.18 Å². The molecule has 3 aromatic rings. The lowest BCUT2D eigenvalue weighted by atomic mass is 10.0. The van der Waals surface area contributed by atoms with Crippen molar-refractivity contribution in [1.29, 1.82) is 0 Å². The van der Waals surface area contributed by atoms with E-state index in [0.29, 0.717) is 28.2 Å². The summed E-state index contributed by atoms with van der Waals surface area (Å²) in [6.45, 7) is 5.11. The zero-order valence-corrected chi connectivity index (χ0v) is 18.1. The van der Waals surface area contributed by atoms with Gasteiger partial charge in [-0.3, -0.25) is 14.6 Å². The summed E-state index contributed by atoms with van der Waals surface area (Å²) >= 11 is 6.43. The van der Waals surface area contributed by atoms with Crippen LogP contribution in [-0.2, 0) is 7.05 Å². The summed E-state index contributed by atoms with van der Waals surface area (Å²) < 4.78 is 15.6. The molecule has 4 rings (SSSR count). The molecular formula is C21H26ClFN6O. The first kappa shape index (κ1) is 20.8. The molecule has 7 nitrogen and oxygen atoms in total. The maximum atomic E-state index is 13.9. The fourth-order valence-electron chi connectivity index (χ4n) is 4.01. The standard InChI is InChI=1S/C21H26ClFN6O/c1-21(2,23)12-29-6-4-15(5-7-29)25-20(30)19-16-8-13(14-10-24-28(3)11-14)9-17(22)18(16)26-27-19/h8-11,15H,4-7,12H2,1-3H3,(H,25,30)(H,26,27). The van der Waals surface area contributed by atoms with E-state index in [1.54, 1.807) is 24.7 Å². The number of carbonyl (C=O) groups is 1. The largest absolute Gasteiger partial charge is 0.348 e. The molecule has 0 atom stereocenters. The third-order valence-corrected chi connectivity index (χ3v) is 5.70. The molecule has 0 bridgehead atoms. The third-order valence-electron chi connectivity index (χ3n) is 5.40. The number of nitrogens with zero attached hydrogens (tertiary/aromatic N) is 4. The van der Waals surface area contributed by atoms with Crippen molar-refractivity contribution in [1.82, 2.24) is 30.2 Å². The van der Waals surface area contributed by atoms with Crippen LogP contribution in [0.25, 0.3) is 22.0 Å². The number of fused-ring (bicyclic) bond motifs is 1. The minimum atomic E-state index is -1.21. The van der Waals surface area contributed by atoms with Crippen LogP contribution in [0.5, 0.6) is 0 Å². The summed E-state index contributed by atoms with van der Waals surface area (Å²) in [5.41, 5.74) is 1.53. The first-order chi connectivity index (χ1) is 14.2. The predicted octanol–water partition coefficient (Wildman–Crippen LogP) is 3.56. The Morgan fingerprint density at radius 1 is 1.33 bits per heavy atom. The Labute approximate surface area is 179 Å². The van der Waals surface area contributed by atoms with Crippen LogP contribution in [0.3, 0.4) is 0 Å². The van der Waals surface area contributed by atoms with Gasteiger partial charge in [-0.1, -0.05) is 11.6 Å². The number of nitrogens with one attached hydrogen (secondary N) is 2. The van der Waals surface area contributed by atoms with E-state index >= 15 is 0 Å². The number of aryl methyl sites for hydroxylation is 1. The highest BCUT2D eigenvalue weighted by molar-refractivity contribution is 6.36. The van der Waals surface area contributed by atoms with Crippen LogP contribution in [0.4, 0.5) is 4.39 Å². The SMILES string of the molecule is Cn1cc(-c2cc(Cl)c3[nH]nc(C(=O)NC4CCN(CC(C)(C)F)CC4)c3c2)cn1. The number of aromatic nitrogens is 4. The summed E-state index contributed by atoms with van der Waals surface area (Å²) in [6, 6.07) is 3.78. The molecule has 3 heterocycles. The molecule has 1 aromatic carbocycles. The Balaban J connectivity index is 1.49. The Morgan fingerprint density at radius 2 is 2.07 bits per heavy atom. The molecule has 1 fully saturated rings. The first-order valence-electron chi connectivity index (χ1n) is 10.1. The summed E-state index contributed by atoms with van der Waals surface area (Å²) in [4.78, 5) is 15.0. The minimum absolute atomic E-state index is 0.0419. The highest BCUT2D eigenvalue weighted by atomic mass is 35.5. The van der Waals surface area contributed by atoms with Crippen molar-refractivity contribution in [2.45, 2.75) is 38.4 Å². The topological polar surface area (TPSA) is 78.8 Å². The molecule has 0 saturated carbocycles. The number of H-pyrrole nitrogens is 1. The Kier molecular flexibility index (Phi) is 5.55. The van der Waals surface area contributed by atoms with Gasteiger partial charge in [0.25, 0.3) is 5.91 Å². The zero-order chi connectivity index (χ0) is 21.5. The number of likely N-dealkylation sites (tertiary alicyclic amines) is 1. The van der Waals surface area contributed by atoms with Gasteiger partial charge in [0.2, 0.25) is 0 Å². The van der Waals surface area contributed by atoms with Gasteiger partial charge in [-0.2, -0.15) is 10.2 Å². The van der Waals surface area contributed by atoms with Crippen molar-refractivity contribution in [2.24, 2.45) is 7.05 Å². The number of rotatable bonds is 5. The quantitative estimate of drug-likeness (QED) is 0.646. The molecule has 160 valence electrons. The lowest BCUT2D eigenvalue weighted by molar-refractivity contribution is 0.0844. The predicted molar refractivity (Wildman–Crippen MR) is 115 cm³/mol. The molecule has 1 amide bonds. The summed E-state index contributed by atoms with van der Waals surface area (Å²) in [6.07, 6.45) is 5.21. The maximum absolute atomic E-state index is 13.9. The maximum Gasteiger partial charge on any atom is 0.272 e. The highest BCUT2D eigenvalue weighted by Gasteiger charge is 2.27. The number of benzene rings is 1. The van der Waals surface area contributed by atoms with Crippen LogP contribution in [0.1, 0.15) is 37.2 Å². The van der Waals surface area contributed by atoms with Gasteiger partial charge in [-0.05, 0) is 44.4 Å². The molecular weight excluding hydrogens is 407 g/mol. The second-order valence-corrected chi connectivity index (χ2v) is 9.01. The fourth-order valence-corrected chi connectivity index (χ4v) is 4.27. The van der Waals surface area contributed by atoms with Gasteiger partial charge in [-0.15, -0.1) is 0 Å². The van der Waals surface area contributed by atoms with E-state index in [1.807, 2.05) is 25.4 Å². The molecule has 30 heavy (non-hydrogen) atoms. The Morgan fingerprint density at radius 3 is 2.70 bits per heavy atom. The molecule has 0 unspecified atom stereocenters. The first-order valence-corrected chi connectivity index (χ1v) is 10.5. The molecule has 1 aliphatic heterocycles. The van der Waals surface area contributed by atoms with E-state index in [4.69, 9.17) is 11.6 Å². The van der Waals surface area contributed by atoms with E-state index in [1.165, 1.54) is 0 Å². The van der Waals surface area contributed by atoms with Crippen molar-refractivity contribution < 1.29 is 9.18 Å². The van der Waals surface area contributed by atoms with E-state index < -0.39 is 5.67 Å². The van der Waals surface area contributed by atoms with Crippen LogP contribution in [0.2, 0.25) is 5.02 Å².